The van der Waals surface area contributed by atoms with Crippen LogP contribution in [-0.4, -0.2) is 14.5 Å². The lowest BCUT2D eigenvalue weighted by atomic mass is 9.96. The molecule has 5 heteroatoms. The van der Waals surface area contributed by atoms with E-state index in [2.05, 4.69) is 160 Å². The number of oxazole rings is 1. The third kappa shape index (κ3) is 4.86. The Morgan fingerprint density at radius 1 is 0.490 bits per heavy atom. The number of nitrogens with zero attached hydrogens (tertiary/aromatic N) is 4. The number of para-hydroxylation sites is 4. The van der Waals surface area contributed by atoms with Gasteiger partial charge in [0, 0.05) is 50.7 Å². The first-order chi connectivity index (χ1) is 25.3. The minimum Gasteiger partial charge on any atom is -0.436 e. The molecular formula is C46H30N4O. The third-order valence-electron chi connectivity index (χ3n) is 9.65. The molecule has 0 atom stereocenters. The van der Waals surface area contributed by atoms with Crippen LogP contribution in [0.25, 0.3) is 72.1 Å². The number of anilines is 3. The van der Waals surface area contributed by atoms with Crippen molar-refractivity contribution in [1.82, 2.24) is 14.5 Å². The highest BCUT2D eigenvalue weighted by Crippen LogP contribution is 2.43. The molecule has 0 radical (unpaired) electrons. The Hall–Kier alpha value is -6.98. The highest BCUT2D eigenvalue weighted by molar-refractivity contribution is 6.11. The van der Waals surface area contributed by atoms with Gasteiger partial charge in [-0.15, -0.1) is 0 Å². The maximum atomic E-state index is 6.62. The summed E-state index contributed by atoms with van der Waals surface area (Å²) in [7, 11) is 0. The molecule has 7 aromatic carbocycles. The number of pyridine rings is 1. The lowest BCUT2D eigenvalue weighted by Gasteiger charge is -2.26. The molecule has 0 spiro atoms. The molecule has 10 rings (SSSR count). The Labute approximate surface area is 294 Å². The van der Waals surface area contributed by atoms with Crippen LogP contribution in [0.4, 0.5) is 17.1 Å². The van der Waals surface area contributed by atoms with E-state index in [1.165, 1.54) is 16.3 Å². The second kappa shape index (κ2) is 11.9. The standard InChI is InChI=1S/C46H30N4O/c1-4-14-33(15-5-1)49(34-16-6-2-7-17-34)36-24-25-37(40(30-36)46-48-45-43(51-46)27-23-31-13-12-28-47-44(31)45)32-22-26-42-39(29-32)38-20-10-11-21-41(38)50(42)35-18-8-3-9-19-35/h1-30H. The summed E-state index contributed by atoms with van der Waals surface area (Å²) in [4.78, 5) is 12.1. The first-order valence-electron chi connectivity index (χ1n) is 17.1. The van der Waals surface area contributed by atoms with Gasteiger partial charge in [-0.25, -0.2) is 4.98 Å². The Morgan fingerprint density at radius 2 is 1.20 bits per heavy atom. The van der Waals surface area contributed by atoms with Gasteiger partial charge < -0.3 is 13.9 Å². The van der Waals surface area contributed by atoms with Crippen LogP contribution in [0, 0.1) is 0 Å². The number of aromatic nitrogens is 3. The number of fused-ring (bicyclic) bond motifs is 6. The van der Waals surface area contributed by atoms with E-state index in [1.807, 2.05) is 30.3 Å². The van der Waals surface area contributed by atoms with E-state index in [0.717, 1.165) is 61.4 Å². The highest BCUT2D eigenvalue weighted by atomic mass is 16.3. The smallest absolute Gasteiger partial charge is 0.228 e. The molecule has 0 unspecified atom stereocenters. The SMILES string of the molecule is c1ccc(N(c2ccccc2)c2ccc(-c3ccc4c(c3)c3ccccc3n4-c3ccccc3)c(-c3nc4c(ccc5cccnc54)o3)c2)cc1. The Balaban J connectivity index is 1.22. The Kier molecular flexibility index (Phi) is 6.74. The van der Waals surface area contributed by atoms with Gasteiger partial charge in [-0.05, 0) is 96.1 Å². The molecule has 0 aliphatic rings. The molecule has 10 aromatic rings. The minimum atomic E-state index is 0.549. The third-order valence-corrected chi connectivity index (χ3v) is 9.65. The Morgan fingerprint density at radius 3 is 1.98 bits per heavy atom. The number of rotatable bonds is 6. The van der Waals surface area contributed by atoms with Crippen molar-refractivity contribution < 1.29 is 4.42 Å². The van der Waals surface area contributed by atoms with Crippen molar-refractivity contribution >= 4 is 60.9 Å². The van der Waals surface area contributed by atoms with E-state index in [9.17, 15) is 0 Å². The van der Waals surface area contributed by atoms with Crippen LogP contribution < -0.4 is 4.90 Å². The monoisotopic (exact) mass is 654 g/mol. The topological polar surface area (TPSA) is 47.1 Å². The molecule has 0 saturated heterocycles. The van der Waals surface area contributed by atoms with Crippen LogP contribution in [-0.2, 0) is 0 Å². The van der Waals surface area contributed by atoms with E-state index in [4.69, 9.17) is 9.40 Å². The maximum absolute atomic E-state index is 6.62. The lowest BCUT2D eigenvalue weighted by molar-refractivity contribution is 0.620. The van der Waals surface area contributed by atoms with Gasteiger partial charge >= 0.3 is 0 Å². The minimum absolute atomic E-state index is 0.549. The molecule has 0 bridgehead atoms. The predicted molar refractivity (Wildman–Crippen MR) is 209 cm³/mol. The zero-order valence-electron chi connectivity index (χ0n) is 27.5. The Bertz CT molecular complexity index is 2820. The van der Waals surface area contributed by atoms with Gasteiger partial charge in [0.15, 0.2) is 5.58 Å². The highest BCUT2D eigenvalue weighted by Gasteiger charge is 2.21. The molecule has 3 aromatic heterocycles. The first kappa shape index (κ1) is 29.0. The molecule has 3 heterocycles. The second-order valence-electron chi connectivity index (χ2n) is 12.7. The zero-order chi connectivity index (χ0) is 33.7. The van der Waals surface area contributed by atoms with Crippen molar-refractivity contribution in [2.24, 2.45) is 0 Å². The van der Waals surface area contributed by atoms with E-state index >= 15 is 0 Å². The van der Waals surface area contributed by atoms with E-state index < -0.39 is 0 Å². The van der Waals surface area contributed by atoms with Gasteiger partial charge in [0.2, 0.25) is 5.89 Å². The van der Waals surface area contributed by atoms with E-state index in [-0.39, 0.29) is 0 Å². The van der Waals surface area contributed by atoms with E-state index in [0.29, 0.717) is 11.5 Å². The fourth-order valence-electron chi connectivity index (χ4n) is 7.34. The zero-order valence-corrected chi connectivity index (χ0v) is 27.5. The maximum Gasteiger partial charge on any atom is 0.228 e. The first-order valence-corrected chi connectivity index (χ1v) is 17.1. The summed E-state index contributed by atoms with van der Waals surface area (Å²) in [6.45, 7) is 0. The van der Waals surface area contributed by atoms with Crippen LogP contribution in [0.2, 0.25) is 0 Å². The second-order valence-corrected chi connectivity index (χ2v) is 12.7. The molecule has 51 heavy (non-hydrogen) atoms. The van der Waals surface area contributed by atoms with Gasteiger partial charge in [-0.1, -0.05) is 91.0 Å². The molecule has 0 aliphatic heterocycles. The van der Waals surface area contributed by atoms with Crippen molar-refractivity contribution in [3.63, 3.8) is 0 Å². The van der Waals surface area contributed by atoms with Crippen molar-refractivity contribution in [2.45, 2.75) is 0 Å². The molecule has 240 valence electrons. The molecule has 0 fully saturated rings. The summed E-state index contributed by atoms with van der Waals surface area (Å²) >= 11 is 0. The van der Waals surface area contributed by atoms with Gasteiger partial charge in [-0.3, -0.25) is 4.98 Å². The average molecular weight is 655 g/mol. The normalized spacial score (nSPS) is 11.5. The van der Waals surface area contributed by atoms with Gasteiger partial charge in [0.25, 0.3) is 0 Å². The fraction of sp³-hybridized carbons (Fsp3) is 0. The number of hydrogen-bond donors (Lipinski definition) is 0. The molecule has 0 amide bonds. The van der Waals surface area contributed by atoms with Crippen molar-refractivity contribution in [3.8, 4) is 28.3 Å². The summed E-state index contributed by atoms with van der Waals surface area (Å²) in [6, 6.07) is 61.5. The number of hydrogen-bond acceptors (Lipinski definition) is 4. The summed E-state index contributed by atoms with van der Waals surface area (Å²) < 4.78 is 8.96. The van der Waals surface area contributed by atoms with Crippen LogP contribution in [0.3, 0.4) is 0 Å². The largest absolute Gasteiger partial charge is 0.436 e. The van der Waals surface area contributed by atoms with Crippen molar-refractivity contribution in [2.75, 3.05) is 4.90 Å². The van der Waals surface area contributed by atoms with Crippen LogP contribution in [0.15, 0.2) is 187 Å². The van der Waals surface area contributed by atoms with Crippen LogP contribution in [0.1, 0.15) is 0 Å². The molecule has 0 N–H and O–H groups in total. The van der Waals surface area contributed by atoms with Crippen LogP contribution in [0.5, 0.6) is 0 Å². The van der Waals surface area contributed by atoms with Crippen molar-refractivity contribution in [1.29, 1.82) is 0 Å². The molecule has 5 nitrogen and oxygen atoms in total. The quantitative estimate of drug-likeness (QED) is 0.179. The summed E-state index contributed by atoms with van der Waals surface area (Å²) in [6.07, 6.45) is 1.81. The van der Waals surface area contributed by atoms with Crippen molar-refractivity contribution in [3.05, 3.63) is 182 Å². The lowest BCUT2D eigenvalue weighted by Crippen LogP contribution is -2.10. The predicted octanol–water partition coefficient (Wildman–Crippen LogP) is 12.3. The average Bonchev–Trinajstić information content (AvgIpc) is 3.79. The fourth-order valence-corrected chi connectivity index (χ4v) is 7.34. The van der Waals surface area contributed by atoms with Gasteiger partial charge in [0.05, 0.1) is 16.6 Å². The summed E-state index contributed by atoms with van der Waals surface area (Å²) in [5, 5.41) is 3.42. The summed E-state index contributed by atoms with van der Waals surface area (Å²) in [5.41, 5.74) is 11.9. The molecule has 0 saturated carbocycles. The van der Waals surface area contributed by atoms with Crippen LogP contribution >= 0.6 is 0 Å². The summed E-state index contributed by atoms with van der Waals surface area (Å²) in [5.74, 6) is 0.549. The molecule has 0 aliphatic carbocycles. The van der Waals surface area contributed by atoms with Gasteiger partial charge in [-0.2, -0.15) is 0 Å². The van der Waals surface area contributed by atoms with E-state index in [1.54, 1.807) is 6.20 Å². The number of benzene rings is 7. The van der Waals surface area contributed by atoms with Gasteiger partial charge in [0.1, 0.15) is 5.52 Å². The molecular weight excluding hydrogens is 625 g/mol.